The number of urea groups is 1. The zero-order valence-corrected chi connectivity index (χ0v) is 35.3. The number of nitrogens with zero attached hydrogens (tertiary/aromatic N) is 3. The average molecular weight is 755 g/mol. The van der Waals surface area contributed by atoms with Crippen LogP contribution in [0.4, 0.5) is 4.79 Å². The quantitative estimate of drug-likeness (QED) is 0.284. The van der Waals surface area contributed by atoms with Crippen molar-refractivity contribution in [3.05, 3.63) is 53.6 Å². The molecular formula is C47H70N4O4. The van der Waals surface area contributed by atoms with Crippen molar-refractivity contribution in [1.29, 1.82) is 0 Å². The molecule has 55 heavy (non-hydrogen) atoms. The van der Waals surface area contributed by atoms with Crippen LogP contribution in [0.2, 0.25) is 0 Å². The van der Waals surface area contributed by atoms with Crippen LogP contribution in [0.1, 0.15) is 115 Å². The number of amides is 2. The Labute approximate surface area is 331 Å². The number of piperazine rings is 1. The Hall–Kier alpha value is -2.68. The summed E-state index contributed by atoms with van der Waals surface area (Å²) in [7, 11) is 4.30. The molecule has 11 atom stereocenters. The summed E-state index contributed by atoms with van der Waals surface area (Å²) in [5, 5.41) is 13.4. The Kier molecular flexibility index (Phi) is 9.77. The molecule has 2 N–H and O–H groups in total. The third-order valence-corrected chi connectivity index (χ3v) is 18.2. The smallest absolute Gasteiger partial charge is 0.335 e. The number of fused-ring (bicyclic) bond motifs is 7. The van der Waals surface area contributed by atoms with E-state index in [4.69, 9.17) is 4.74 Å². The summed E-state index contributed by atoms with van der Waals surface area (Å²) in [6, 6.07) is 8.54. The number of carboxylic acids is 1. The fraction of sp³-hybridized carbons (Fsp3) is 0.745. The molecule has 1 aromatic carbocycles. The molecule has 2 aliphatic heterocycles. The van der Waals surface area contributed by atoms with Crippen LogP contribution < -0.4 is 5.32 Å². The molecule has 0 bridgehead atoms. The van der Waals surface area contributed by atoms with E-state index in [2.05, 4.69) is 88.3 Å². The third-order valence-electron chi connectivity index (χ3n) is 18.2. The van der Waals surface area contributed by atoms with E-state index in [1.807, 2.05) is 12.1 Å². The maximum Gasteiger partial charge on any atom is 0.335 e. The number of rotatable bonds is 6. The first-order valence-electron chi connectivity index (χ1n) is 21.7. The largest absolute Gasteiger partial charge is 0.478 e. The number of carbonyl (C=O) groups excluding carboxylic acids is 1. The van der Waals surface area contributed by atoms with E-state index < -0.39 is 5.97 Å². The Morgan fingerprint density at radius 2 is 1.58 bits per heavy atom. The summed E-state index contributed by atoms with van der Waals surface area (Å²) in [5.41, 5.74) is 4.64. The number of hydrogen-bond donors (Lipinski definition) is 2. The minimum absolute atomic E-state index is 0.0102. The van der Waals surface area contributed by atoms with Crippen LogP contribution in [0.3, 0.4) is 0 Å². The fourth-order valence-electron chi connectivity index (χ4n) is 15.2. The molecule has 7 aliphatic rings. The second-order valence-electron chi connectivity index (χ2n) is 20.9. The van der Waals surface area contributed by atoms with Crippen molar-refractivity contribution in [3.63, 3.8) is 0 Å². The van der Waals surface area contributed by atoms with Crippen LogP contribution in [-0.2, 0) is 4.74 Å². The number of nitrogens with one attached hydrogen (secondary N) is 1. The van der Waals surface area contributed by atoms with Crippen molar-refractivity contribution in [1.82, 2.24) is 20.0 Å². The van der Waals surface area contributed by atoms with Gasteiger partial charge in [-0.3, -0.25) is 4.90 Å². The number of ether oxygens (including phenoxy) is 1. The maximum atomic E-state index is 14.4. The van der Waals surface area contributed by atoms with Gasteiger partial charge >= 0.3 is 12.0 Å². The first-order chi connectivity index (χ1) is 26.0. The molecule has 8 rings (SSSR count). The highest BCUT2D eigenvalue weighted by Crippen LogP contribution is 2.76. The van der Waals surface area contributed by atoms with Crippen molar-refractivity contribution in [3.8, 4) is 0 Å². The van der Waals surface area contributed by atoms with Gasteiger partial charge in [0.2, 0.25) is 0 Å². The van der Waals surface area contributed by atoms with Gasteiger partial charge in [0.25, 0.3) is 0 Å². The predicted octanol–water partition coefficient (Wildman–Crippen LogP) is 8.44. The number of allylic oxidation sites excluding steroid dienone is 3. The van der Waals surface area contributed by atoms with Gasteiger partial charge in [-0.2, -0.15) is 0 Å². The number of carboxylic acid groups (broad SMARTS) is 1. The fourth-order valence-corrected chi connectivity index (χ4v) is 15.2. The molecule has 4 saturated carbocycles. The molecule has 8 nitrogen and oxygen atoms in total. The second kappa shape index (κ2) is 13.7. The highest BCUT2D eigenvalue weighted by atomic mass is 16.5. The van der Waals surface area contributed by atoms with Gasteiger partial charge in [-0.25, -0.2) is 9.59 Å². The van der Waals surface area contributed by atoms with Gasteiger partial charge in [0.1, 0.15) is 0 Å². The van der Waals surface area contributed by atoms with E-state index in [0.29, 0.717) is 47.2 Å². The molecule has 2 saturated heterocycles. The van der Waals surface area contributed by atoms with Gasteiger partial charge in [0, 0.05) is 31.7 Å². The van der Waals surface area contributed by atoms with E-state index in [9.17, 15) is 14.7 Å². The Morgan fingerprint density at radius 1 is 0.873 bits per heavy atom. The SMILES string of the molecule is C=C(C)[C@@H]1CC[C@]2(NC(=O)N3CCN([C@@H]4COC[C@H]4N(C)C)CC3)CC[C@]3(C)[C@H](CC[C@@H]4[C@@]5(C)CC=C(c6ccc(C(=O)O)cc6)C(C)(C)[C@@H]5CC[C@]43C)[C@@H]12. The molecule has 6 fully saturated rings. The number of likely N-dealkylation sites (N-methyl/N-ethyl adjacent to an activating group) is 1. The van der Waals surface area contributed by atoms with Gasteiger partial charge < -0.3 is 25.0 Å². The molecule has 0 radical (unpaired) electrons. The lowest BCUT2D eigenvalue weighted by Crippen LogP contribution is -2.69. The van der Waals surface area contributed by atoms with Gasteiger partial charge in [-0.15, -0.1) is 0 Å². The number of aromatic carboxylic acids is 1. The zero-order chi connectivity index (χ0) is 39.3. The topological polar surface area (TPSA) is 85.4 Å². The van der Waals surface area contributed by atoms with E-state index in [1.54, 1.807) is 12.1 Å². The summed E-state index contributed by atoms with van der Waals surface area (Å²) >= 11 is 0. The molecule has 5 aliphatic carbocycles. The van der Waals surface area contributed by atoms with E-state index >= 15 is 0 Å². The molecular weight excluding hydrogens is 685 g/mol. The van der Waals surface area contributed by atoms with Crippen LogP contribution in [-0.4, -0.2) is 103 Å². The van der Waals surface area contributed by atoms with E-state index in [-0.39, 0.29) is 33.2 Å². The summed E-state index contributed by atoms with van der Waals surface area (Å²) in [6.07, 6.45) is 13.0. The van der Waals surface area contributed by atoms with Crippen LogP contribution in [0.15, 0.2) is 42.5 Å². The minimum Gasteiger partial charge on any atom is -0.478 e. The van der Waals surface area contributed by atoms with Crippen LogP contribution in [0, 0.1) is 51.2 Å². The molecule has 1 aromatic rings. The van der Waals surface area contributed by atoms with Crippen molar-refractivity contribution in [2.75, 3.05) is 53.5 Å². The zero-order valence-electron chi connectivity index (χ0n) is 35.3. The predicted molar refractivity (Wildman–Crippen MR) is 220 cm³/mol. The van der Waals surface area contributed by atoms with Crippen LogP contribution in [0.5, 0.6) is 0 Å². The van der Waals surface area contributed by atoms with Crippen LogP contribution >= 0.6 is 0 Å². The highest BCUT2D eigenvalue weighted by molar-refractivity contribution is 5.88. The summed E-state index contributed by atoms with van der Waals surface area (Å²) < 4.78 is 5.90. The normalized spacial score (nSPS) is 42.5. The number of carbonyl (C=O) groups is 2. The van der Waals surface area contributed by atoms with Crippen LogP contribution in [0.25, 0.3) is 5.57 Å². The summed E-state index contributed by atoms with van der Waals surface area (Å²) in [5.74, 6) is 1.76. The molecule has 2 heterocycles. The van der Waals surface area contributed by atoms with Gasteiger partial charge in [0.15, 0.2) is 0 Å². The van der Waals surface area contributed by atoms with Crippen molar-refractivity contribution < 1.29 is 19.4 Å². The average Bonchev–Trinajstić information content (AvgIpc) is 3.78. The Morgan fingerprint density at radius 3 is 2.24 bits per heavy atom. The lowest BCUT2D eigenvalue weighted by atomic mass is 9.33. The molecule has 302 valence electrons. The molecule has 0 spiro atoms. The number of hydrogen-bond acceptors (Lipinski definition) is 5. The molecule has 8 heteroatoms. The monoisotopic (exact) mass is 755 g/mol. The third kappa shape index (κ3) is 5.91. The minimum atomic E-state index is -0.871. The van der Waals surface area contributed by atoms with Gasteiger partial charge in [0.05, 0.1) is 30.9 Å². The van der Waals surface area contributed by atoms with Crippen molar-refractivity contribution in [2.45, 2.75) is 117 Å². The first kappa shape index (κ1) is 39.2. The number of benzene rings is 1. The first-order valence-corrected chi connectivity index (χ1v) is 21.7. The lowest BCUT2D eigenvalue weighted by Gasteiger charge is -2.72. The van der Waals surface area contributed by atoms with Gasteiger partial charge in [-0.1, -0.05) is 65.0 Å². The van der Waals surface area contributed by atoms with E-state index in [1.165, 1.54) is 48.8 Å². The van der Waals surface area contributed by atoms with E-state index in [0.717, 1.165) is 65.1 Å². The van der Waals surface area contributed by atoms with Gasteiger partial charge in [-0.05, 0) is 153 Å². The molecule has 0 unspecified atom stereocenters. The maximum absolute atomic E-state index is 14.4. The summed E-state index contributed by atoms with van der Waals surface area (Å²) in [4.78, 5) is 32.9. The highest BCUT2D eigenvalue weighted by Gasteiger charge is 2.70. The Balaban J connectivity index is 1.03. The second-order valence-corrected chi connectivity index (χ2v) is 20.9. The standard InChI is InChI=1S/C47H70N4O4/c1-30(2)33-16-21-47(48-42(54)51-26-24-50(25-27-51)37-29-55-28-36(37)49(8)9)23-22-45(6)35(40(33)47)14-15-39-44(5)19-17-34(31-10-12-32(13-11-31)41(52)53)43(3,4)38(44)18-20-46(39,45)7/h10-13,17,33,35-40H,1,14-16,18-29H2,2-9H3,(H,48,54)(H,52,53)/t33-,35+,36+,37+,38-,39+,40+,44-,45+,46+,47-/m0/s1. The van der Waals surface area contributed by atoms with Crippen molar-refractivity contribution in [2.24, 2.45) is 51.2 Å². The molecule has 2 amide bonds. The summed E-state index contributed by atoms with van der Waals surface area (Å²) in [6.45, 7) is 24.7. The lowest BCUT2D eigenvalue weighted by molar-refractivity contribution is -0.218. The van der Waals surface area contributed by atoms with Crippen molar-refractivity contribution >= 4 is 17.6 Å². The Bertz CT molecular complexity index is 1710. The molecule has 0 aromatic heterocycles.